The second-order valence-electron chi connectivity index (χ2n) is 3.56. The lowest BCUT2D eigenvalue weighted by atomic mass is 10.2. The van der Waals surface area contributed by atoms with Crippen LogP contribution in [-0.4, -0.2) is 31.1 Å². The molecule has 0 aromatic heterocycles. The summed E-state index contributed by atoms with van der Waals surface area (Å²) < 4.78 is 5.96. The first-order chi connectivity index (χ1) is 8.13. The van der Waals surface area contributed by atoms with Gasteiger partial charge in [0.2, 0.25) is 5.91 Å². The number of hydrogen-bond acceptors (Lipinski definition) is 3. The van der Waals surface area contributed by atoms with Crippen molar-refractivity contribution in [3.63, 3.8) is 0 Å². The normalized spacial score (nSPS) is 10.3. The highest BCUT2D eigenvalue weighted by Crippen LogP contribution is 2.20. The molecule has 0 bridgehead atoms. The minimum absolute atomic E-state index is 0.0211. The molecule has 0 heterocycles. The van der Waals surface area contributed by atoms with Crippen LogP contribution in [-0.2, 0) is 9.53 Å². The summed E-state index contributed by atoms with van der Waals surface area (Å²) >= 11 is 4.99. The molecule has 1 aromatic rings. The smallest absolute Gasteiger partial charge is 0.234 e. The Bertz CT molecular complexity index is 385. The predicted molar refractivity (Wildman–Crippen MR) is 76.7 cm³/mol. The summed E-state index contributed by atoms with van der Waals surface area (Å²) in [6.07, 6.45) is 0. The Morgan fingerprint density at radius 1 is 1.53 bits per heavy atom. The van der Waals surface area contributed by atoms with Crippen LogP contribution in [0.2, 0.25) is 0 Å². The van der Waals surface area contributed by atoms with Gasteiger partial charge in [-0.05, 0) is 30.7 Å². The van der Waals surface area contributed by atoms with Crippen molar-refractivity contribution < 1.29 is 9.53 Å². The van der Waals surface area contributed by atoms with Gasteiger partial charge in [0.25, 0.3) is 0 Å². The number of methoxy groups -OCH3 is 1. The quantitative estimate of drug-likeness (QED) is 0.819. The third-order valence-electron chi connectivity index (χ3n) is 2.11. The minimum atomic E-state index is 0.0211. The molecule has 0 aliphatic heterocycles. The highest BCUT2D eigenvalue weighted by atomic mass is 79.9. The number of hydrogen-bond donors (Lipinski definition) is 1. The molecule has 0 unspecified atom stereocenters. The van der Waals surface area contributed by atoms with Crippen LogP contribution >= 0.6 is 27.7 Å². The summed E-state index contributed by atoms with van der Waals surface area (Å²) in [5.74, 6) is 1.31. The van der Waals surface area contributed by atoms with Crippen molar-refractivity contribution in [2.24, 2.45) is 0 Å². The molecule has 0 aliphatic carbocycles. The Kier molecular flexibility index (Phi) is 6.62. The molecule has 1 rings (SSSR count). The molecule has 1 aromatic carbocycles. The molecular weight excluding hydrogens is 302 g/mol. The van der Waals surface area contributed by atoms with E-state index < -0.39 is 0 Å². The van der Waals surface area contributed by atoms with E-state index in [-0.39, 0.29) is 5.91 Å². The van der Waals surface area contributed by atoms with Gasteiger partial charge in [-0.25, -0.2) is 0 Å². The molecule has 1 N–H and O–H groups in total. The fourth-order valence-electron chi connectivity index (χ4n) is 1.23. The van der Waals surface area contributed by atoms with E-state index in [9.17, 15) is 4.79 Å². The van der Waals surface area contributed by atoms with Gasteiger partial charge in [0, 0.05) is 23.0 Å². The average Bonchev–Trinajstić information content (AvgIpc) is 2.30. The summed E-state index contributed by atoms with van der Waals surface area (Å²) in [4.78, 5) is 11.6. The first kappa shape index (κ1) is 14.5. The van der Waals surface area contributed by atoms with Crippen LogP contribution in [0.5, 0.6) is 0 Å². The van der Waals surface area contributed by atoms with Crippen molar-refractivity contribution in [3.8, 4) is 0 Å². The van der Waals surface area contributed by atoms with Crippen LogP contribution < -0.4 is 5.32 Å². The molecule has 1 amide bonds. The van der Waals surface area contributed by atoms with Gasteiger partial charge >= 0.3 is 0 Å². The van der Waals surface area contributed by atoms with Gasteiger partial charge < -0.3 is 10.1 Å². The highest BCUT2D eigenvalue weighted by molar-refractivity contribution is 9.10. The number of carbonyl (C=O) groups excluding carboxylic acids is 1. The van der Waals surface area contributed by atoms with Crippen LogP contribution in [0.4, 0.5) is 5.69 Å². The Morgan fingerprint density at radius 2 is 2.29 bits per heavy atom. The van der Waals surface area contributed by atoms with Crippen molar-refractivity contribution >= 4 is 39.3 Å². The number of thioether (sulfide) groups is 1. The van der Waals surface area contributed by atoms with Gasteiger partial charge in [-0.15, -0.1) is 11.8 Å². The summed E-state index contributed by atoms with van der Waals surface area (Å²) in [6.45, 7) is 2.67. The summed E-state index contributed by atoms with van der Waals surface area (Å²) in [6, 6.07) is 5.76. The van der Waals surface area contributed by atoms with Crippen molar-refractivity contribution in [1.82, 2.24) is 0 Å². The van der Waals surface area contributed by atoms with Crippen molar-refractivity contribution in [2.75, 3.05) is 30.5 Å². The molecule has 0 saturated heterocycles. The summed E-state index contributed by atoms with van der Waals surface area (Å²) in [5.41, 5.74) is 1.94. The molecule has 0 atom stereocenters. The maximum absolute atomic E-state index is 11.6. The predicted octanol–water partition coefficient (Wildman–Crippen LogP) is 3.08. The van der Waals surface area contributed by atoms with Crippen LogP contribution in [0.3, 0.4) is 0 Å². The lowest BCUT2D eigenvalue weighted by Gasteiger charge is -2.06. The number of halogens is 1. The molecule has 0 aliphatic rings. The third-order valence-corrected chi connectivity index (χ3v) is 3.92. The molecule has 0 saturated carbocycles. The monoisotopic (exact) mass is 317 g/mol. The van der Waals surface area contributed by atoms with Crippen molar-refractivity contribution in [1.29, 1.82) is 0 Å². The van der Waals surface area contributed by atoms with Gasteiger partial charge in [-0.2, -0.15) is 0 Å². The second-order valence-corrected chi connectivity index (χ2v) is 5.52. The van der Waals surface area contributed by atoms with E-state index in [1.807, 2.05) is 25.1 Å². The fourth-order valence-corrected chi connectivity index (χ4v) is 2.16. The zero-order valence-corrected chi connectivity index (χ0v) is 12.4. The largest absolute Gasteiger partial charge is 0.384 e. The molecule has 3 nitrogen and oxygen atoms in total. The van der Waals surface area contributed by atoms with Crippen LogP contribution in [0, 0.1) is 6.92 Å². The Morgan fingerprint density at radius 3 is 2.94 bits per heavy atom. The van der Waals surface area contributed by atoms with E-state index in [1.165, 1.54) is 0 Å². The molecule has 17 heavy (non-hydrogen) atoms. The number of carbonyl (C=O) groups is 1. The zero-order valence-electron chi connectivity index (χ0n) is 9.96. The Balaban J connectivity index is 2.37. The number of aryl methyl sites for hydroxylation is 1. The zero-order chi connectivity index (χ0) is 12.7. The van der Waals surface area contributed by atoms with Gasteiger partial charge in [0.1, 0.15) is 0 Å². The van der Waals surface area contributed by atoms with E-state index >= 15 is 0 Å². The molecule has 0 fully saturated rings. The topological polar surface area (TPSA) is 38.3 Å². The molecule has 0 spiro atoms. The summed E-state index contributed by atoms with van der Waals surface area (Å²) in [5, 5.41) is 2.87. The van der Waals surface area contributed by atoms with Crippen molar-refractivity contribution in [3.05, 3.63) is 28.2 Å². The van der Waals surface area contributed by atoms with E-state index in [1.54, 1.807) is 18.9 Å². The number of ether oxygens (including phenoxy) is 1. The Labute approximate surface area is 114 Å². The number of benzene rings is 1. The highest BCUT2D eigenvalue weighted by Gasteiger charge is 2.03. The third kappa shape index (κ3) is 5.57. The van der Waals surface area contributed by atoms with Gasteiger partial charge in [0.05, 0.1) is 12.4 Å². The lowest BCUT2D eigenvalue weighted by molar-refractivity contribution is -0.113. The number of amides is 1. The standard InChI is InChI=1S/C12H16BrNO2S/c1-9-7-10(3-4-11(9)13)14-12(15)8-17-6-5-16-2/h3-4,7H,5-6,8H2,1-2H3,(H,14,15). The minimum Gasteiger partial charge on any atom is -0.384 e. The molecule has 94 valence electrons. The molecular formula is C12H16BrNO2S. The van der Waals surface area contributed by atoms with Crippen molar-refractivity contribution in [2.45, 2.75) is 6.92 Å². The van der Waals surface area contributed by atoms with Crippen LogP contribution in [0.25, 0.3) is 0 Å². The first-order valence-electron chi connectivity index (χ1n) is 5.26. The molecule has 0 radical (unpaired) electrons. The Hall–Kier alpha value is -0.520. The maximum Gasteiger partial charge on any atom is 0.234 e. The maximum atomic E-state index is 11.6. The fraction of sp³-hybridized carbons (Fsp3) is 0.417. The van der Waals surface area contributed by atoms with E-state index in [0.717, 1.165) is 21.5 Å². The lowest BCUT2D eigenvalue weighted by Crippen LogP contribution is -2.14. The van der Waals surface area contributed by atoms with E-state index in [2.05, 4.69) is 21.2 Å². The second kappa shape index (κ2) is 7.74. The SMILES string of the molecule is COCCSCC(=O)Nc1ccc(Br)c(C)c1. The van der Waals surface area contributed by atoms with E-state index in [4.69, 9.17) is 4.74 Å². The number of anilines is 1. The average molecular weight is 318 g/mol. The van der Waals surface area contributed by atoms with Gasteiger partial charge in [-0.1, -0.05) is 15.9 Å². The van der Waals surface area contributed by atoms with Crippen LogP contribution in [0.15, 0.2) is 22.7 Å². The van der Waals surface area contributed by atoms with Gasteiger partial charge in [0.15, 0.2) is 0 Å². The molecule has 5 heteroatoms. The summed E-state index contributed by atoms with van der Waals surface area (Å²) in [7, 11) is 1.66. The number of rotatable bonds is 6. The van der Waals surface area contributed by atoms with Gasteiger partial charge in [-0.3, -0.25) is 4.79 Å². The first-order valence-corrected chi connectivity index (χ1v) is 7.21. The number of nitrogens with one attached hydrogen (secondary N) is 1. The van der Waals surface area contributed by atoms with E-state index in [0.29, 0.717) is 12.4 Å². The van der Waals surface area contributed by atoms with Crippen LogP contribution in [0.1, 0.15) is 5.56 Å².